The van der Waals surface area contributed by atoms with Crippen LogP contribution in [0, 0.1) is 17.1 Å². The summed E-state index contributed by atoms with van der Waals surface area (Å²) in [6, 6.07) is 13.0. The van der Waals surface area contributed by atoms with Gasteiger partial charge in [0, 0.05) is 11.5 Å². The molecule has 0 radical (unpaired) electrons. The van der Waals surface area contributed by atoms with E-state index in [-0.39, 0.29) is 17.0 Å². The Kier molecular flexibility index (Phi) is 4.90. The number of hydrogen-bond donors (Lipinski definition) is 1. The third kappa shape index (κ3) is 3.15. The monoisotopic (exact) mass is 297 g/mol. The molecule has 1 atom stereocenters. The van der Waals surface area contributed by atoms with E-state index in [2.05, 4.69) is 0 Å². The number of halogens is 1. The predicted molar refractivity (Wildman–Crippen MR) is 81.3 cm³/mol. The quantitative estimate of drug-likeness (QED) is 0.893. The lowest BCUT2D eigenvalue weighted by atomic mass is 9.84. The Hall–Kier alpha value is -2.67. The van der Waals surface area contributed by atoms with Crippen molar-refractivity contribution in [2.24, 2.45) is 0 Å². The molecule has 0 heterocycles. The molecule has 0 aromatic heterocycles. The van der Waals surface area contributed by atoms with E-state index < -0.39 is 11.8 Å². The van der Waals surface area contributed by atoms with E-state index in [0.29, 0.717) is 12.0 Å². The van der Waals surface area contributed by atoms with Gasteiger partial charge in [0.25, 0.3) is 0 Å². The molecule has 0 aliphatic carbocycles. The van der Waals surface area contributed by atoms with E-state index in [1.807, 2.05) is 13.0 Å². The smallest absolute Gasteiger partial charge is 0.336 e. The summed E-state index contributed by atoms with van der Waals surface area (Å²) in [6.45, 7) is 1.97. The van der Waals surface area contributed by atoms with E-state index in [0.717, 1.165) is 12.0 Å². The molecule has 3 nitrogen and oxygen atoms in total. The molecule has 0 fully saturated rings. The van der Waals surface area contributed by atoms with Crippen molar-refractivity contribution in [2.45, 2.75) is 25.7 Å². The zero-order chi connectivity index (χ0) is 16.1. The van der Waals surface area contributed by atoms with Crippen LogP contribution in [0.1, 0.15) is 52.7 Å². The summed E-state index contributed by atoms with van der Waals surface area (Å²) in [5.74, 6) is -1.99. The van der Waals surface area contributed by atoms with Crippen molar-refractivity contribution in [3.63, 3.8) is 0 Å². The fraction of sp³-hybridized carbons (Fsp3) is 0.222. The SMILES string of the molecule is CCCC(c1ccc(C#N)cc1)c1c(F)cccc1C(=O)O. The second-order valence-corrected chi connectivity index (χ2v) is 5.08. The van der Waals surface area contributed by atoms with Crippen molar-refractivity contribution in [2.75, 3.05) is 0 Å². The van der Waals surface area contributed by atoms with Gasteiger partial charge < -0.3 is 5.11 Å². The summed E-state index contributed by atoms with van der Waals surface area (Å²) in [4.78, 5) is 11.4. The lowest BCUT2D eigenvalue weighted by Crippen LogP contribution is -2.11. The highest BCUT2D eigenvalue weighted by molar-refractivity contribution is 5.89. The molecule has 2 aromatic carbocycles. The minimum atomic E-state index is -1.13. The van der Waals surface area contributed by atoms with Crippen LogP contribution in [0.3, 0.4) is 0 Å². The van der Waals surface area contributed by atoms with Gasteiger partial charge in [-0.1, -0.05) is 31.5 Å². The second kappa shape index (κ2) is 6.86. The second-order valence-electron chi connectivity index (χ2n) is 5.08. The molecule has 1 unspecified atom stereocenters. The fourth-order valence-corrected chi connectivity index (χ4v) is 2.63. The third-order valence-corrected chi connectivity index (χ3v) is 3.65. The first kappa shape index (κ1) is 15.7. The molecule has 0 bridgehead atoms. The molecule has 0 spiro atoms. The van der Waals surface area contributed by atoms with Crippen LogP contribution in [-0.4, -0.2) is 11.1 Å². The number of carboxylic acids is 1. The van der Waals surface area contributed by atoms with Crippen LogP contribution in [0.15, 0.2) is 42.5 Å². The van der Waals surface area contributed by atoms with E-state index in [1.54, 1.807) is 24.3 Å². The summed E-state index contributed by atoms with van der Waals surface area (Å²) >= 11 is 0. The molecule has 0 saturated carbocycles. The number of carboxylic acid groups (broad SMARTS) is 1. The Morgan fingerprint density at radius 2 is 1.95 bits per heavy atom. The largest absolute Gasteiger partial charge is 0.478 e. The highest BCUT2D eigenvalue weighted by Crippen LogP contribution is 2.33. The molecule has 0 aliphatic rings. The van der Waals surface area contributed by atoms with Gasteiger partial charge in [0.2, 0.25) is 0 Å². The molecule has 0 saturated heterocycles. The van der Waals surface area contributed by atoms with E-state index >= 15 is 0 Å². The molecule has 112 valence electrons. The Morgan fingerprint density at radius 3 is 2.50 bits per heavy atom. The van der Waals surface area contributed by atoms with Crippen LogP contribution in [0.5, 0.6) is 0 Å². The number of hydrogen-bond acceptors (Lipinski definition) is 2. The van der Waals surface area contributed by atoms with Crippen molar-refractivity contribution in [3.8, 4) is 6.07 Å². The molecule has 2 aromatic rings. The van der Waals surface area contributed by atoms with E-state index in [9.17, 15) is 14.3 Å². The summed E-state index contributed by atoms with van der Waals surface area (Å²) in [5.41, 5.74) is 1.53. The Labute approximate surface area is 128 Å². The minimum absolute atomic E-state index is 0.0113. The fourth-order valence-electron chi connectivity index (χ4n) is 2.63. The maximum atomic E-state index is 14.3. The minimum Gasteiger partial charge on any atom is -0.478 e. The maximum absolute atomic E-state index is 14.3. The molecule has 1 N–H and O–H groups in total. The zero-order valence-electron chi connectivity index (χ0n) is 12.2. The number of aromatic carboxylic acids is 1. The van der Waals surface area contributed by atoms with Gasteiger partial charge in [0.15, 0.2) is 0 Å². The van der Waals surface area contributed by atoms with Crippen molar-refractivity contribution < 1.29 is 14.3 Å². The van der Waals surface area contributed by atoms with Crippen LogP contribution < -0.4 is 0 Å². The van der Waals surface area contributed by atoms with Crippen LogP contribution in [0.25, 0.3) is 0 Å². The van der Waals surface area contributed by atoms with Gasteiger partial charge >= 0.3 is 5.97 Å². The lowest BCUT2D eigenvalue weighted by Gasteiger charge is -2.20. The maximum Gasteiger partial charge on any atom is 0.336 e. The van der Waals surface area contributed by atoms with Gasteiger partial charge in [0.05, 0.1) is 17.2 Å². The first-order valence-corrected chi connectivity index (χ1v) is 7.10. The topological polar surface area (TPSA) is 61.1 Å². The van der Waals surface area contributed by atoms with Gasteiger partial charge in [-0.3, -0.25) is 0 Å². The predicted octanol–water partition coefficient (Wildman–Crippen LogP) is 4.33. The van der Waals surface area contributed by atoms with Crippen molar-refractivity contribution >= 4 is 5.97 Å². The van der Waals surface area contributed by atoms with Crippen LogP contribution >= 0.6 is 0 Å². The number of carbonyl (C=O) groups is 1. The van der Waals surface area contributed by atoms with E-state index in [1.165, 1.54) is 18.2 Å². The van der Waals surface area contributed by atoms with Gasteiger partial charge in [-0.2, -0.15) is 5.26 Å². The molecule has 0 amide bonds. The lowest BCUT2D eigenvalue weighted by molar-refractivity contribution is 0.0694. The highest BCUT2D eigenvalue weighted by Gasteiger charge is 2.23. The average molecular weight is 297 g/mol. The van der Waals surface area contributed by atoms with Crippen molar-refractivity contribution in [1.82, 2.24) is 0 Å². The van der Waals surface area contributed by atoms with Crippen LogP contribution in [0.4, 0.5) is 4.39 Å². The van der Waals surface area contributed by atoms with Crippen molar-refractivity contribution in [3.05, 3.63) is 70.5 Å². The number of nitriles is 1. The normalized spacial score (nSPS) is 11.7. The van der Waals surface area contributed by atoms with E-state index in [4.69, 9.17) is 5.26 Å². The highest BCUT2D eigenvalue weighted by atomic mass is 19.1. The van der Waals surface area contributed by atoms with Gasteiger partial charge in [0.1, 0.15) is 5.82 Å². The number of benzene rings is 2. The third-order valence-electron chi connectivity index (χ3n) is 3.65. The van der Waals surface area contributed by atoms with Gasteiger partial charge in [-0.05, 0) is 36.2 Å². The molecular weight excluding hydrogens is 281 g/mol. The summed E-state index contributed by atoms with van der Waals surface area (Å²) < 4.78 is 14.3. The number of rotatable bonds is 5. The molecule has 22 heavy (non-hydrogen) atoms. The Bertz CT molecular complexity index is 717. The number of nitrogens with zero attached hydrogens (tertiary/aromatic N) is 1. The summed E-state index contributed by atoms with van der Waals surface area (Å²) in [6.07, 6.45) is 1.42. The molecular formula is C18H16FNO2. The summed E-state index contributed by atoms with van der Waals surface area (Å²) in [5, 5.41) is 18.2. The molecule has 2 rings (SSSR count). The average Bonchev–Trinajstić information content (AvgIpc) is 2.53. The van der Waals surface area contributed by atoms with Crippen molar-refractivity contribution in [1.29, 1.82) is 5.26 Å². The van der Waals surface area contributed by atoms with Gasteiger partial charge in [-0.25, -0.2) is 9.18 Å². The van der Waals surface area contributed by atoms with Crippen LogP contribution in [0.2, 0.25) is 0 Å². The zero-order valence-corrected chi connectivity index (χ0v) is 12.2. The Morgan fingerprint density at radius 1 is 1.27 bits per heavy atom. The van der Waals surface area contributed by atoms with Gasteiger partial charge in [-0.15, -0.1) is 0 Å². The molecule has 0 aliphatic heterocycles. The summed E-state index contributed by atoms with van der Waals surface area (Å²) in [7, 11) is 0. The first-order chi connectivity index (χ1) is 10.6. The first-order valence-electron chi connectivity index (χ1n) is 7.10. The Balaban J connectivity index is 2.57. The molecule has 4 heteroatoms. The van der Waals surface area contributed by atoms with Crippen LogP contribution in [-0.2, 0) is 0 Å². The standard InChI is InChI=1S/C18H16FNO2/c1-2-4-14(13-9-7-12(11-20)8-10-13)17-15(18(21)22)5-3-6-16(17)19/h3,5-10,14H,2,4H2,1H3,(H,21,22).